The second-order valence-electron chi connectivity index (χ2n) is 4.56. The molecule has 2 rings (SSSR count). The standard InChI is InChI=1S/C13H10F3N3O4S/c1-4-2-6(14)5(9(16)8(4)15)3-23-10-7(12(20)21)11(24-19-10)18-13(17)22/h2H,3H2,1H3,(H,20,21)(H3,17,18,22). The number of aryl methyl sites for hydroxylation is 1. The van der Waals surface area contributed by atoms with Gasteiger partial charge in [0.1, 0.15) is 17.4 Å². The normalized spacial score (nSPS) is 10.5. The number of urea groups is 1. The maximum atomic E-state index is 13.8. The van der Waals surface area contributed by atoms with E-state index in [0.29, 0.717) is 11.5 Å². The maximum absolute atomic E-state index is 13.8. The van der Waals surface area contributed by atoms with Crippen molar-refractivity contribution >= 4 is 28.5 Å². The summed E-state index contributed by atoms with van der Waals surface area (Å²) in [5.74, 6) is -5.71. The number of benzene rings is 1. The number of anilines is 1. The highest BCUT2D eigenvalue weighted by atomic mass is 32.1. The van der Waals surface area contributed by atoms with E-state index in [4.69, 9.17) is 15.6 Å². The van der Waals surface area contributed by atoms with Crippen LogP contribution in [0.3, 0.4) is 0 Å². The van der Waals surface area contributed by atoms with E-state index in [-0.39, 0.29) is 10.6 Å². The molecule has 0 aliphatic heterocycles. The second kappa shape index (κ2) is 6.74. The third-order valence-electron chi connectivity index (χ3n) is 2.90. The van der Waals surface area contributed by atoms with Gasteiger partial charge in [-0.3, -0.25) is 5.32 Å². The molecule has 1 aromatic carbocycles. The van der Waals surface area contributed by atoms with Gasteiger partial charge < -0.3 is 15.6 Å². The number of carboxylic acids is 1. The first kappa shape index (κ1) is 17.5. The van der Waals surface area contributed by atoms with Gasteiger partial charge in [-0.25, -0.2) is 22.8 Å². The van der Waals surface area contributed by atoms with Crippen LogP contribution in [-0.4, -0.2) is 21.5 Å². The summed E-state index contributed by atoms with van der Waals surface area (Å²) in [5.41, 5.74) is 3.42. The molecule has 0 aliphatic carbocycles. The summed E-state index contributed by atoms with van der Waals surface area (Å²) in [6.45, 7) is 0.395. The number of aromatic carboxylic acids is 1. The number of nitrogens with two attached hydrogens (primary N) is 1. The number of carbonyl (C=O) groups excluding carboxylic acids is 1. The van der Waals surface area contributed by atoms with Crippen molar-refractivity contribution in [3.05, 3.63) is 40.2 Å². The van der Waals surface area contributed by atoms with E-state index in [9.17, 15) is 22.8 Å². The Morgan fingerprint density at radius 1 is 1.38 bits per heavy atom. The third-order valence-corrected chi connectivity index (χ3v) is 3.65. The van der Waals surface area contributed by atoms with Gasteiger partial charge in [-0.2, -0.15) is 4.37 Å². The summed E-state index contributed by atoms with van der Waals surface area (Å²) >= 11 is 0.553. The number of aromatic nitrogens is 1. The number of hydrogen-bond acceptors (Lipinski definition) is 5. The number of rotatable bonds is 5. The number of ether oxygens (including phenoxy) is 1. The van der Waals surface area contributed by atoms with Crippen molar-refractivity contribution in [1.82, 2.24) is 4.37 Å². The van der Waals surface area contributed by atoms with E-state index in [2.05, 4.69) is 4.37 Å². The van der Waals surface area contributed by atoms with Crippen molar-refractivity contribution in [1.29, 1.82) is 0 Å². The average molecular weight is 361 g/mol. The quantitative estimate of drug-likeness (QED) is 0.708. The fourth-order valence-electron chi connectivity index (χ4n) is 1.78. The SMILES string of the molecule is Cc1cc(F)c(COc2nsc(NC(N)=O)c2C(=O)O)c(F)c1F. The summed E-state index contributed by atoms with van der Waals surface area (Å²) in [6.07, 6.45) is 0. The molecule has 0 aliphatic rings. The molecule has 0 bridgehead atoms. The van der Waals surface area contributed by atoms with Crippen LogP contribution >= 0.6 is 11.5 Å². The summed E-state index contributed by atoms with van der Waals surface area (Å²) in [6, 6.07) is -0.235. The van der Waals surface area contributed by atoms with E-state index >= 15 is 0 Å². The monoisotopic (exact) mass is 361 g/mol. The number of halogens is 3. The maximum Gasteiger partial charge on any atom is 0.344 e. The molecule has 0 saturated heterocycles. The van der Waals surface area contributed by atoms with Gasteiger partial charge in [0.2, 0.25) is 5.88 Å². The van der Waals surface area contributed by atoms with Crippen LogP contribution in [0.4, 0.5) is 23.0 Å². The molecular formula is C13H10F3N3O4S. The third kappa shape index (κ3) is 3.40. The average Bonchev–Trinajstić information content (AvgIpc) is 2.87. The molecule has 4 N–H and O–H groups in total. The Kier molecular flexibility index (Phi) is 4.93. The minimum absolute atomic E-state index is 0.207. The Morgan fingerprint density at radius 2 is 2.04 bits per heavy atom. The van der Waals surface area contributed by atoms with Gasteiger partial charge in [-0.15, -0.1) is 0 Å². The fourth-order valence-corrected chi connectivity index (χ4v) is 2.51. The Morgan fingerprint density at radius 3 is 2.62 bits per heavy atom. The predicted octanol–water partition coefficient (Wildman–Crippen LogP) is 2.64. The van der Waals surface area contributed by atoms with Gasteiger partial charge in [0.15, 0.2) is 17.2 Å². The number of carboxylic acid groups (broad SMARTS) is 1. The topological polar surface area (TPSA) is 115 Å². The molecule has 128 valence electrons. The molecule has 0 unspecified atom stereocenters. The van der Waals surface area contributed by atoms with Crippen LogP contribution in [0.2, 0.25) is 0 Å². The fraction of sp³-hybridized carbons (Fsp3) is 0.154. The number of amides is 2. The van der Waals surface area contributed by atoms with E-state index in [1.807, 2.05) is 5.32 Å². The number of nitrogens with zero attached hydrogens (tertiary/aromatic N) is 1. The Hall–Kier alpha value is -2.82. The number of hydrogen-bond donors (Lipinski definition) is 3. The lowest BCUT2D eigenvalue weighted by Crippen LogP contribution is -2.20. The van der Waals surface area contributed by atoms with E-state index < -0.39 is 53.1 Å². The van der Waals surface area contributed by atoms with Crippen LogP contribution < -0.4 is 15.8 Å². The van der Waals surface area contributed by atoms with Crippen LogP contribution in [0.1, 0.15) is 21.5 Å². The molecule has 1 heterocycles. The first-order valence-electron chi connectivity index (χ1n) is 6.27. The highest BCUT2D eigenvalue weighted by molar-refractivity contribution is 7.11. The predicted molar refractivity (Wildman–Crippen MR) is 77.7 cm³/mol. The summed E-state index contributed by atoms with van der Waals surface area (Å²) < 4.78 is 49.6. The van der Waals surface area contributed by atoms with Gasteiger partial charge in [0, 0.05) is 0 Å². The van der Waals surface area contributed by atoms with Crippen LogP contribution in [0.15, 0.2) is 6.07 Å². The number of primary amides is 1. The summed E-state index contributed by atoms with van der Waals surface area (Å²) in [7, 11) is 0. The molecule has 0 atom stereocenters. The van der Waals surface area contributed by atoms with Gasteiger partial charge in [-0.05, 0) is 30.1 Å². The lowest BCUT2D eigenvalue weighted by molar-refractivity contribution is 0.0693. The lowest BCUT2D eigenvalue weighted by atomic mass is 10.1. The van der Waals surface area contributed by atoms with Crippen molar-refractivity contribution < 1.29 is 32.6 Å². The van der Waals surface area contributed by atoms with Crippen molar-refractivity contribution in [2.75, 3.05) is 5.32 Å². The molecule has 7 nitrogen and oxygen atoms in total. The van der Waals surface area contributed by atoms with Gasteiger partial charge in [0.25, 0.3) is 0 Å². The van der Waals surface area contributed by atoms with E-state index in [1.54, 1.807) is 0 Å². The second-order valence-corrected chi connectivity index (χ2v) is 5.33. The minimum Gasteiger partial charge on any atom is -0.477 e. The molecular weight excluding hydrogens is 351 g/mol. The Balaban J connectivity index is 2.31. The van der Waals surface area contributed by atoms with Gasteiger partial charge in [0.05, 0.1) is 5.56 Å². The van der Waals surface area contributed by atoms with E-state index in [0.717, 1.165) is 6.07 Å². The zero-order chi connectivity index (χ0) is 18.0. The first-order chi connectivity index (χ1) is 11.2. The smallest absolute Gasteiger partial charge is 0.344 e. The molecule has 2 aromatic rings. The first-order valence-corrected chi connectivity index (χ1v) is 7.04. The minimum atomic E-state index is -1.50. The molecule has 0 radical (unpaired) electrons. The zero-order valence-corrected chi connectivity index (χ0v) is 12.8. The molecule has 2 amide bonds. The largest absolute Gasteiger partial charge is 0.477 e. The Labute approximate surface area is 137 Å². The van der Waals surface area contributed by atoms with Crippen LogP contribution in [0.5, 0.6) is 5.88 Å². The van der Waals surface area contributed by atoms with Crippen LogP contribution in [-0.2, 0) is 6.61 Å². The molecule has 24 heavy (non-hydrogen) atoms. The zero-order valence-electron chi connectivity index (χ0n) is 12.0. The van der Waals surface area contributed by atoms with Gasteiger partial charge >= 0.3 is 12.0 Å². The summed E-state index contributed by atoms with van der Waals surface area (Å²) in [4.78, 5) is 22.0. The van der Waals surface area contributed by atoms with E-state index in [1.165, 1.54) is 6.92 Å². The molecule has 11 heteroatoms. The highest BCUT2D eigenvalue weighted by Gasteiger charge is 2.24. The molecule has 0 saturated carbocycles. The summed E-state index contributed by atoms with van der Waals surface area (Å²) in [5, 5.41) is 11.0. The van der Waals surface area contributed by atoms with Crippen LogP contribution in [0.25, 0.3) is 0 Å². The van der Waals surface area contributed by atoms with Gasteiger partial charge in [-0.1, -0.05) is 0 Å². The number of nitrogens with one attached hydrogen (secondary N) is 1. The Bertz CT molecular complexity index is 825. The number of carbonyl (C=O) groups is 2. The van der Waals surface area contributed by atoms with Crippen molar-refractivity contribution in [2.45, 2.75) is 13.5 Å². The molecule has 0 spiro atoms. The molecule has 0 fully saturated rings. The van der Waals surface area contributed by atoms with Crippen molar-refractivity contribution in [3.8, 4) is 5.88 Å². The van der Waals surface area contributed by atoms with Crippen molar-refractivity contribution in [3.63, 3.8) is 0 Å². The molecule has 1 aromatic heterocycles. The van der Waals surface area contributed by atoms with Crippen LogP contribution in [0, 0.1) is 24.4 Å². The highest BCUT2D eigenvalue weighted by Crippen LogP contribution is 2.31. The van der Waals surface area contributed by atoms with Crippen molar-refractivity contribution in [2.24, 2.45) is 5.73 Å². The lowest BCUT2D eigenvalue weighted by Gasteiger charge is -2.09.